The lowest BCUT2D eigenvalue weighted by molar-refractivity contribution is -0.123. The highest BCUT2D eigenvalue weighted by molar-refractivity contribution is 8.18. The van der Waals surface area contributed by atoms with Gasteiger partial charge in [0.1, 0.15) is 0 Å². The maximum Gasteiger partial charge on any atom is 0.293 e. The molecule has 0 aliphatic carbocycles. The minimum Gasteiger partial charge on any atom is -0.318 e. The van der Waals surface area contributed by atoms with Gasteiger partial charge in [0.05, 0.1) is 11.4 Å². The predicted octanol–water partition coefficient (Wildman–Crippen LogP) is 5.64. The number of thioether (sulfide) groups is 1. The van der Waals surface area contributed by atoms with Gasteiger partial charge >= 0.3 is 0 Å². The molecule has 1 saturated heterocycles. The van der Waals surface area contributed by atoms with E-state index in [0.29, 0.717) is 11.4 Å². The van der Waals surface area contributed by atoms with Gasteiger partial charge in [0.25, 0.3) is 11.1 Å². The topological polar surface area (TPSA) is 42.3 Å². The van der Waals surface area contributed by atoms with Crippen LogP contribution in [0.3, 0.4) is 0 Å². The lowest BCUT2D eigenvalue weighted by Crippen LogP contribution is -2.27. The summed E-state index contributed by atoms with van der Waals surface area (Å²) >= 11 is 1.01. The molecular weight excluding hydrogens is 380 g/mol. The third kappa shape index (κ3) is 3.78. The van der Waals surface area contributed by atoms with E-state index >= 15 is 0 Å². The second kappa shape index (κ2) is 7.76. The summed E-state index contributed by atoms with van der Waals surface area (Å²) in [7, 11) is 0. The van der Waals surface area contributed by atoms with Gasteiger partial charge in [-0.15, -0.1) is 0 Å². The zero-order chi connectivity index (χ0) is 20.5. The average molecular weight is 403 g/mol. The average Bonchev–Trinajstić information content (AvgIpc) is 3.14. The van der Waals surface area contributed by atoms with Crippen molar-refractivity contribution < 1.29 is 9.59 Å². The van der Waals surface area contributed by atoms with E-state index in [0.717, 1.165) is 45.5 Å². The van der Waals surface area contributed by atoms with Crippen molar-refractivity contribution in [1.82, 2.24) is 9.47 Å². The fourth-order valence-electron chi connectivity index (χ4n) is 3.56. The lowest BCUT2D eigenvalue weighted by atomic mass is 10.1. The molecule has 3 aromatic rings. The van der Waals surface area contributed by atoms with Crippen molar-refractivity contribution in [3.63, 3.8) is 0 Å². The van der Waals surface area contributed by atoms with E-state index in [1.165, 1.54) is 4.90 Å². The largest absolute Gasteiger partial charge is 0.318 e. The van der Waals surface area contributed by atoms with Crippen LogP contribution in [0, 0.1) is 20.8 Å². The van der Waals surface area contributed by atoms with E-state index in [1.54, 1.807) is 0 Å². The Morgan fingerprint density at radius 1 is 0.931 bits per heavy atom. The third-order valence-electron chi connectivity index (χ3n) is 5.11. The number of aryl methyl sites for hydroxylation is 2. The summed E-state index contributed by atoms with van der Waals surface area (Å²) < 4.78 is 2.16. The van der Waals surface area contributed by atoms with Crippen molar-refractivity contribution >= 4 is 29.0 Å². The molecular formula is C24H22N2O2S. The van der Waals surface area contributed by atoms with Gasteiger partial charge < -0.3 is 4.57 Å². The molecule has 146 valence electrons. The number of aromatic nitrogens is 1. The summed E-state index contributed by atoms with van der Waals surface area (Å²) in [6.07, 6.45) is 1.84. The monoisotopic (exact) mass is 402 g/mol. The van der Waals surface area contributed by atoms with Gasteiger partial charge in [0.15, 0.2) is 0 Å². The molecule has 1 aliphatic heterocycles. The van der Waals surface area contributed by atoms with Gasteiger partial charge in [0.2, 0.25) is 0 Å². The number of amides is 2. The standard InChI is InChI=1S/C24H22N2O2S/c1-16-9-11-19(12-10-16)15-25-23(27)22(29-24(25)28)14-20-13-17(2)26(18(20)3)21-7-5-4-6-8-21/h4-14H,15H2,1-3H3/b22-14+. The molecule has 2 aromatic carbocycles. The molecule has 0 saturated carbocycles. The Balaban J connectivity index is 1.62. The van der Waals surface area contributed by atoms with Gasteiger partial charge in [-0.25, -0.2) is 0 Å². The number of carbonyl (C=O) groups excluding carboxylic acids is 2. The molecule has 0 atom stereocenters. The van der Waals surface area contributed by atoms with Crippen LogP contribution in [0.5, 0.6) is 0 Å². The summed E-state index contributed by atoms with van der Waals surface area (Å²) in [5.74, 6) is -0.231. The Labute approximate surface area is 174 Å². The number of rotatable bonds is 4. The quantitative estimate of drug-likeness (QED) is 0.531. The van der Waals surface area contributed by atoms with Crippen molar-refractivity contribution in [3.05, 3.63) is 93.6 Å². The van der Waals surface area contributed by atoms with Crippen molar-refractivity contribution in [2.45, 2.75) is 27.3 Å². The number of para-hydroxylation sites is 1. The van der Waals surface area contributed by atoms with Crippen molar-refractivity contribution in [1.29, 1.82) is 0 Å². The zero-order valence-corrected chi connectivity index (χ0v) is 17.5. The van der Waals surface area contributed by atoms with Crippen LogP contribution >= 0.6 is 11.8 Å². The SMILES string of the molecule is Cc1ccc(CN2C(=O)S/C(=C/c3cc(C)n(-c4ccccc4)c3C)C2=O)cc1. The molecule has 1 aromatic heterocycles. The smallest absolute Gasteiger partial charge is 0.293 e. The number of benzene rings is 2. The first-order valence-electron chi connectivity index (χ1n) is 9.49. The first kappa shape index (κ1) is 19.3. The minimum atomic E-state index is -0.231. The molecule has 1 fully saturated rings. The van der Waals surface area contributed by atoms with Crippen LogP contribution < -0.4 is 0 Å². The number of hydrogen-bond donors (Lipinski definition) is 0. The molecule has 4 rings (SSSR count). The highest BCUT2D eigenvalue weighted by Gasteiger charge is 2.35. The van der Waals surface area contributed by atoms with Crippen LogP contribution in [0.1, 0.15) is 28.1 Å². The molecule has 4 nitrogen and oxygen atoms in total. The number of nitrogens with zero attached hydrogens (tertiary/aromatic N) is 2. The van der Waals surface area contributed by atoms with Crippen LogP contribution in [0.25, 0.3) is 11.8 Å². The molecule has 2 heterocycles. The van der Waals surface area contributed by atoms with Crippen molar-refractivity contribution in [2.24, 2.45) is 0 Å². The summed E-state index contributed by atoms with van der Waals surface area (Å²) in [6.45, 7) is 6.38. The van der Waals surface area contributed by atoms with E-state index in [9.17, 15) is 9.59 Å². The first-order valence-corrected chi connectivity index (χ1v) is 10.3. The van der Waals surface area contributed by atoms with Crippen LogP contribution in [0.2, 0.25) is 0 Å². The highest BCUT2D eigenvalue weighted by Crippen LogP contribution is 2.34. The first-order chi connectivity index (χ1) is 13.9. The fraction of sp³-hybridized carbons (Fsp3) is 0.167. The maximum absolute atomic E-state index is 12.9. The van der Waals surface area contributed by atoms with Gasteiger partial charge in [0, 0.05) is 17.1 Å². The highest BCUT2D eigenvalue weighted by atomic mass is 32.2. The number of hydrogen-bond acceptors (Lipinski definition) is 3. The molecule has 0 unspecified atom stereocenters. The van der Waals surface area contributed by atoms with Crippen LogP contribution in [0.4, 0.5) is 4.79 Å². The van der Waals surface area contributed by atoms with Crippen LogP contribution in [-0.2, 0) is 11.3 Å². The fourth-order valence-corrected chi connectivity index (χ4v) is 4.39. The van der Waals surface area contributed by atoms with Gasteiger partial charge in [-0.1, -0.05) is 48.0 Å². The zero-order valence-electron chi connectivity index (χ0n) is 16.7. The van der Waals surface area contributed by atoms with E-state index in [1.807, 2.05) is 69.3 Å². The third-order valence-corrected chi connectivity index (χ3v) is 6.01. The predicted molar refractivity (Wildman–Crippen MR) is 118 cm³/mol. The van der Waals surface area contributed by atoms with E-state index in [2.05, 4.69) is 22.8 Å². The van der Waals surface area contributed by atoms with Crippen molar-refractivity contribution in [2.75, 3.05) is 0 Å². The van der Waals surface area contributed by atoms with Crippen LogP contribution in [-0.4, -0.2) is 20.6 Å². The van der Waals surface area contributed by atoms with Gasteiger partial charge in [-0.3, -0.25) is 14.5 Å². The normalized spacial score (nSPS) is 15.6. The summed E-state index contributed by atoms with van der Waals surface area (Å²) in [5.41, 5.74) is 6.25. The lowest BCUT2D eigenvalue weighted by Gasteiger charge is -2.12. The molecule has 0 N–H and O–H groups in total. The van der Waals surface area contributed by atoms with E-state index in [4.69, 9.17) is 0 Å². The molecule has 0 spiro atoms. The van der Waals surface area contributed by atoms with Gasteiger partial charge in [-0.2, -0.15) is 0 Å². The van der Waals surface area contributed by atoms with Gasteiger partial charge in [-0.05, 0) is 67.9 Å². The summed E-state index contributed by atoms with van der Waals surface area (Å²) in [6, 6.07) is 20.0. The van der Waals surface area contributed by atoms with Crippen LogP contribution in [0.15, 0.2) is 65.6 Å². The minimum absolute atomic E-state index is 0.223. The maximum atomic E-state index is 12.9. The summed E-state index contributed by atoms with van der Waals surface area (Å²) in [5, 5.41) is -0.223. The second-order valence-electron chi connectivity index (χ2n) is 7.25. The second-order valence-corrected chi connectivity index (χ2v) is 8.24. The molecule has 29 heavy (non-hydrogen) atoms. The van der Waals surface area contributed by atoms with E-state index in [-0.39, 0.29) is 11.1 Å². The molecule has 2 amide bonds. The Kier molecular flexibility index (Phi) is 5.16. The summed E-state index contributed by atoms with van der Waals surface area (Å²) in [4.78, 5) is 27.1. The molecule has 5 heteroatoms. The Hall–Kier alpha value is -3.05. The van der Waals surface area contributed by atoms with Crippen molar-refractivity contribution in [3.8, 4) is 5.69 Å². The molecule has 0 radical (unpaired) electrons. The molecule has 0 bridgehead atoms. The Bertz CT molecular complexity index is 1110. The van der Waals surface area contributed by atoms with E-state index < -0.39 is 0 Å². The molecule has 1 aliphatic rings. The Morgan fingerprint density at radius 3 is 2.31 bits per heavy atom. The number of imide groups is 1. The Morgan fingerprint density at radius 2 is 1.62 bits per heavy atom. The number of carbonyl (C=O) groups is 2.